The zero-order valence-electron chi connectivity index (χ0n) is 18.1. The minimum atomic E-state index is -0.249. The van der Waals surface area contributed by atoms with Crippen molar-refractivity contribution in [3.8, 4) is 5.75 Å². The van der Waals surface area contributed by atoms with Gasteiger partial charge in [0.25, 0.3) is 0 Å². The predicted octanol–water partition coefficient (Wildman–Crippen LogP) is 3.66. The Kier molecular flexibility index (Phi) is 5.03. The van der Waals surface area contributed by atoms with Gasteiger partial charge in [-0.25, -0.2) is 0 Å². The molecule has 1 heterocycles. The van der Waals surface area contributed by atoms with E-state index in [-0.39, 0.29) is 22.6 Å². The highest BCUT2D eigenvalue weighted by Crippen LogP contribution is 2.65. The second kappa shape index (κ2) is 7.58. The Morgan fingerprint density at radius 2 is 1.73 bits per heavy atom. The molecular weight excluding hydrogens is 376 g/mol. The van der Waals surface area contributed by atoms with Gasteiger partial charge in [0.1, 0.15) is 5.75 Å². The molecule has 4 aliphatic carbocycles. The first-order chi connectivity index (χ1) is 14.5. The van der Waals surface area contributed by atoms with Gasteiger partial charge in [-0.05, 0) is 86.3 Å². The highest BCUT2D eigenvalue weighted by atomic mass is 16.5. The molecule has 1 aromatic carbocycles. The maximum absolute atomic E-state index is 13.4. The summed E-state index contributed by atoms with van der Waals surface area (Å²) in [5.74, 6) is 2.56. The summed E-state index contributed by atoms with van der Waals surface area (Å²) in [6, 6.07) is 8.55. The molecule has 30 heavy (non-hydrogen) atoms. The molecule has 1 saturated heterocycles. The summed E-state index contributed by atoms with van der Waals surface area (Å²) in [6.07, 6.45) is 9.33. The van der Waals surface area contributed by atoms with Gasteiger partial charge in [-0.2, -0.15) is 0 Å². The molecule has 0 spiro atoms. The van der Waals surface area contributed by atoms with Crippen molar-refractivity contribution < 1.29 is 14.3 Å². The Morgan fingerprint density at radius 1 is 1.07 bits per heavy atom. The van der Waals surface area contributed by atoms with Crippen molar-refractivity contribution in [1.82, 2.24) is 10.2 Å². The molecule has 0 aromatic heterocycles. The molecule has 4 saturated carbocycles. The van der Waals surface area contributed by atoms with Gasteiger partial charge in [0.05, 0.1) is 12.5 Å². The van der Waals surface area contributed by atoms with E-state index >= 15 is 0 Å². The third-order valence-electron chi connectivity index (χ3n) is 8.33. The minimum Gasteiger partial charge on any atom is -0.497 e. The Morgan fingerprint density at radius 3 is 2.37 bits per heavy atom. The highest BCUT2D eigenvalue weighted by molar-refractivity contribution is 5.84. The van der Waals surface area contributed by atoms with Crippen LogP contribution in [-0.4, -0.2) is 43.5 Å². The zero-order valence-corrected chi connectivity index (χ0v) is 18.1. The van der Waals surface area contributed by atoms with E-state index < -0.39 is 0 Å². The first kappa shape index (κ1) is 19.9. The summed E-state index contributed by atoms with van der Waals surface area (Å²) in [5.41, 5.74) is 1.25. The fraction of sp³-hybridized carbons (Fsp3) is 0.680. The normalized spacial score (nSPS) is 34.2. The van der Waals surface area contributed by atoms with E-state index in [0.717, 1.165) is 50.9 Å². The molecule has 5 nitrogen and oxygen atoms in total. The van der Waals surface area contributed by atoms with Crippen LogP contribution in [0.5, 0.6) is 5.75 Å². The number of ether oxygens (including phenoxy) is 1. The van der Waals surface area contributed by atoms with Gasteiger partial charge in [0.15, 0.2) is 0 Å². The fourth-order valence-corrected chi connectivity index (χ4v) is 7.41. The van der Waals surface area contributed by atoms with Crippen molar-refractivity contribution in [2.24, 2.45) is 17.3 Å². The SMILES string of the molecule is COc1ccc(C23CC4CC(CC(C(=O)NCCC(=O)N5CCCC5)(C4)C2)C3)cc1. The molecule has 162 valence electrons. The van der Waals surface area contributed by atoms with E-state index in [4.69, 9.17) is 4.74 Å². The summed E-state index contributed by atoms with van der Waals surface area (Å²) in [5, 5.41) is 3.17. The smallest absolute Gasteiger partial charge is 0.226 e. The van der Waals surface area contributed by atoms with Crippen LogP contribution < -0.4 is 10.1 Å². The lowest BCUT2D eigenvalue weighted by atomic mass is 9.42. The van der Waals surface area contributed by atoms with Crippen molar-refractivity contribution >= 4 is 11.8 Å². The van der Waals surface area contributed by atoms with Crippen molar-refractivity contribution in [3.63, 3.8) is 0 Å². The second-order valence-corrected chi connectivity index (χ2v) is 10.3. The van der Waals surface area contributed by atoms with Crippen LogP contribution in [0.3, 0.4) is 0 Å². The van der Waals surface area contributed by atoms with Crippen LogP contribution >= 0.6 is 0 Å². The zero-order chi connectivity index (χ0) is 20.8. The number of benzene rings is 1. The number of likely N-dealkylation sites (tertiary alicyclic amines) is 1. The molecule has 5 heteroatoms. The standard InChI is InChI=1S/C25H34N2O3/c1-30-21-6-4-20(5-7-21)24-13-18-12-19(14-24)16-25(15-18,17-24)23(29)26-9-8-22(28)27-10-2-3-11-27/h4-7,18-19H,2-3,8-17H2,1H3,(H,26,29). The van der Waals surface area contributed by atoms with E-state index in [1.807, 2.05) is 4.90 Å². The number of nitrogens with one attached hydrogen (secondary N) is 1. The highest BCUT2D eigenvalue weighted by Gasteiger charge is 2.60. The summed E-state index contributed by atoms with van der Waals surface area (Å²) >= 11 is 0. The quantitative estimate of drug-likeness (QED) is 0.779. The van der Waals surface area contributed by atoms with Crippen LogP contribution in [0.25, 0.3) is 0 Å². The Bertz CT molecular complexity index is 798. The maximum Gasteiger partial charge on any atom is 0.226 e. The lowest BCUT2D eigenvalue weighted by Crippen LogP contribution is -2.59. The maximum atomic E-state index is 13.4. The number of carbonyl (C=O) groups is 2. The van der Waals surface area contributed by atoms with Crippen molar-refractivity contribution in [3.05, 3.63) is 29.8 Å². The molecule has 4 bridgehead atoms. The minimum absolute atomic E-state index is 0.124. The first-order valence-electron chi connectivity index (χ1n) is 11.7. The van der Waals surface area contributed by atoms with E-state index in [2.05, 4.69) is 29.6 Å². The lowest BCUT2D eigenvalue weighted by molar-refractivity contribution is -0.149. The average molecular weight is 411 g/mol. The Hall–Kier alpha value is -2.04. The number of hydrogen-bond acceptors (Lipinski definition) is 3. The number of hydrogen-bond donors (Lipinski definition) is 1. The van der Waals surface area contributed by atoms with Gasteiger partial charge in [-0.3, -0.25) is 9.59 Å². The molecule has 2 amide bonds. The molecule has 2 atom stereocenters. The summed E-state index contributed by atoms with van der Waals surface area (Å²) in [4.78, 5) is 27.7. The van der Waals surface area contributed by atoms with Crippen LogP contribution in [0.4, 0.5) is 0 Å². The van der Waals surface area contributed by atoms with E-state index in [0.29, 0.717) is 24.8 Å². The molecule has 1 aromatic rings. The second-order valence-electron chi connectivity index (χ2n) is 10.3. The van der Waals surface area contributed by atoms with Crippen LogP contribution in [0, 0.1) is 17.3 Å². The van der Waals surface area contributed by atoms with Gasteiger partial charge in [-0.1, -0.05) is 12.1 Å². The molecule has 1 N–H and O–H groups in total. The van der Waals surface area contributed by atoms with Gasteiger partial charge in [0, 0.05) is 26.1 Å². The molecule has 5 fully saturated rings. The third kappa shape index (κ3) is 3.40. The van der Waals surface area contributed by atoms with E-state index in [9.17, 15) is 9.59 Å². The Labute approximate surface area is 179 Å². The summed E-state index contributed by atoms with van der Waals surface area (Å²) in [7, 11) is 1.70. The molecule has 0 radical (unpaired) electrons. The van der Waals surface area contributed by atoms with E-state index in [1.54, 1.807) is 7.11 Å². The van der Waals surface area contributed by atoms with Gasteiger partial charge in [-0.15, -0.1) is 0 Å². The van der Waals surface area contributed by atoms with Crippen molar-refractivity contribution in [2.75, 3.05) is 26.7 Å². The molecule has 2 unspecified atom stereocenters. The molecular formula is C25H34N2O3. The van der Waals surface area contributed by atoms with Crippen molar-refractivity contribution in [2.45, 2.75) is 63.2 Å². The van der Waals surface area contributed by atoms with Crippen LogP contribution in [0.1, 0.15) is 63.4 Å². The number of methoxy groups -OCH3 is 1. The first-order valence-corrected chi connectivity index (χ1v) is 11.7. The molecule has 1 aliphatic heterocycles. The third-order valence-corrected chi connectivity index (χ3v) is 8.33. The summed E-state index contributed by atoms with van der Waals surface area (Å²) in [6.45, 7) is 2.23. The molecule has 5 aliphatic rings. The number of carbonyl (C=O) groups excluding carboxylic acids is 2. The predicted molar refractivity (Wildman–Crippen MR) is 115 cm³/mol. The largest absolute Gasteiger partial charge is 0.497 e. The topological polar surface area (TPSA) is 58.6 Å². The van der Waals surface area contributed by atoms with Crippen LogP contribution in [0.2, 0.25) is 0 Å². The van der Waals surface area contributed by atoms with Crippen LogP contribution in [-0.2, 0) is 15.0 Å². The Balaban J connectivity index is 1.28. The van der Waals surface area contributed by atoms with Crippen LogP contribution in [0.15, 0.2) is 24.3 Å². The summed E-state index contributed by atoms with van der Waals surface area (Å²) < 4.78 is 5.35. The van der Waals surface area contributed by atoms with Crippen molar-refractivity contribution in [1.29, 1.82) is 0 Å². The van der Waals surface area contributed by atoms with Gasteiger partial charge in [0.2, 0.25) is 11.8 Å². The average Bonchev–Trinajstić information content (AvgIpc) is 3.28. The van der Waals surface area contributed by atoms with Gasteiger partial charge < -0.3 is 15.0 Å². The van der Waals surface area contributed by atoms with E-state index in [1.165, 1.54) is 24.8 Å². The number of rotatable bonds is 6. The number of nitrogens with zero attached hydrogens (tertiary/aromatic N) is 1. The lowest BCUT2D eigenvalue weighted by Gasteiger charge is -2.61. The molecule has 6 rings (SSSR count). The van der Waals surface area contributed by atoms with Gasteiger partial charge >= 0.3 is 0 Å². The fourth-order valence-electron chi connectivity index (χ4n) is 7.41. The number of amides is 2. The monoisotopic (exact) mass is 410 g/mol.